The molecule has 0 spiro atoms. The fraction of sp³-hybridized carbons (Fsp3) is 0.0667. The number of nitrogens with zero attached hydrogens (tertiary/aromatic N) is 3. The topological polar surface area (TPSA) is 63.2 Å². The molecule has 0 aromatic carbocycles. The average molecular weight is 266 g/mol. The summed E-state index contributed by atoms with van der Waals surface area (Å²) >= 11 is 0. The molecular weight excluding hydrogens is 254 g/mol. The van der Waals surface area contributed by atoms with Gasteiger partial charge in [-0.25, -0.2) is 0 Å². The zero-order valence-electron chi connectivity index (χ0n) is 10.9. The van der Waals surface area contributed by atoms with E-state index in [0.717, 1.165) is 0 Å². The van der Waals surface area contributed by atoms with E-state index in [0.29, 0.717) is 5.69 Å². The predicted molar refractivity (Wildman–Crippen MR) is 74.2 cm³/mol. The van der Waals surface area contributed by atoms with Crippen molar-refractivity contribution in [3.05, 3.63) is 65.9 Å². The van der Waals surface area contributed by atoms with Crippen molar-refractivity contribution in [2.75, 3.05) is 7.05 Å². The summed E-state index contributed by atoms with van der Waals surface area (Å²) in [4.78, 5) is 32.4. The van der Waals surface area contributed by atoms with Gasteiger partial charge in [-0.2, -0.15) is 0 Å². The predicted octanol–water partition coefficient (Wildman–Crippen LogP) is 1.70. The van der Waals surface area contributed by atoms with Crippen LogP contribution in [0.3, 0.4) is 0 Å². The molecule has 0 aliphatic heterocycles. The first-order valence-corrected chi connectivity index (χ1v) is 5.92. The fourth-order valence-corrected chi connectivity index (χ4v) is 1.57. The van der Waals surface area contributed by atoms with Crippen LogP contribution in [0.5, 0.6) is 0 Å². The van der Waals surface area contributed by atoms with E-state index in [4.69, 9.17) is 0 Å². The summed E-state index contributed by atoms with van der Waals surface area (Å²) in [7, 11) is 1.50. The van der Waals surface area contributed by atoms with E-state index in [9.17, 15) is 9.59 Å². The van der Waals surface area contributed by atoms with Gasteiger partial charge in [0.2, 0.25) is 0 Å². The van der Waals surface area contributed by atoms with Gasteiger partial charge in [0.1, 0.15) is 5.69 Å². The van der Waals surface area contributed by atoms with Gasteiger partial charge >= 0.3 is 0 Å². The van der Waals surface area contributed by atoms with Crippen LogP contribution < -0.4 is 0 Å². The molecule has 0 N–H and O–H groups in total. The number of aromatic nitrogens is 2. The third-order valence-corrected chi connectivity index (χ3v) is 2.63. The molecule has 20 heavy (non-hydrogen) atoms. The van der Waals surface area contributed by atoms with Gasteiger partial charge in [-0.05, 0) is 30.3 Å². The molecule has 5 nitrogen and oxygen atoms in total. The third-order valence-electron chi connectivity index (χ3n) is 2.63. The summed E-state index contributed by atoms with van der Waals surface area (Å²) in [5.74, 6) is -0.379. The van der Waals surface area contributed by atoms with E-state index < -0.39 is 0 Å². The van der Waals surface area contributed by atoms with Gasteiger partial charge in [0.05, 0.1) is 11.4 Å². The molecule has 2 aromatic heterocycles. The molecule has 0 aliphatic rings. The van der Waals surface area contributed by atoms with E-state index in [1.54, 1.807) is 48.9 Å². The first-order chi connectivity index (χ1) is 9.72. The van der Waals surface area contributed by atoms with Gasteiger partial charge < -0.3 is 4.90 Å². The number of hydrogen-bond donors (Lipinski definition) is 0. The van der Waals surface area contributed by atoms with Crippen molar-refractivity contribution < 1.29 is 9.59 Å². The highest BCUT2D eigenvalue weighted by molar-refractivity contribution is 5.98. The molecule has 2 aromatic rings. The highest BCUT2D eigenvalue weighted by atomic mass is 16.2. The number of hydrogen-bond acceptors (Lipinski definition) is 4. The number of pyridine rings is 2. The Morgan fingerprint density at radius 2 is 1.85 bits per heavy atom. The Labute approximate surface area is 116 Å². The molecule has 0 atom stereocenters. The maximum Gasteiger partial charge on any atom is 0.276 e. The van der Waals surface area contributed by atoms with E-state index in [2.05, 4.69) is 9.97 Å². The first kappa shape index (κ1) is 13.6. The molecule has 0 unspecified atom stereocenters. The summed E-state index contributed by atoms with van der Waals surface area (Å²) in [5, 5.41) is 0. The van der Waals surface area contributed by atoms with Crippen LogP contribution >= 0.6 is 0 Å². The monoisotopic (exact) mass is 266 g/mol. The van der Waals surface area contributed by atoms with Crippen molar-refractivity contribution in [1.29, 1.82) is 0 Å². The second-order valence-electron chi connectivity index (χ2n) is 3.97. The summed E-state index contributed by atoms with van der Waals surface area (Å²) in [6.45, 7) is 0. The molecule has 0 aliphatic carbocycles. The lowest BCUT2D eigenvalue weighted by Crippen LogP contribution is -2.27. The quantitative estimate of drug-likeness (QED) is 0.790. The van der Waals surface area contributed by atoms with E-state index in [1.807, 2.05) is 0 Å². The smallest absolute Gasteiger partial charge is 0.276 e. The number of carbonyl (C=O) groups excluding carboxylic acids is 2. The van der Waals surface area contributed by atoms with Crippen LogP contribution in [0.4, 0.5) is 0 Å². The van der Waals surface area contributed by atoms with Crippen LogP contribution in [0, 0.1) is 0 Å². The zero-order chi connectivity index (χ0) is 14.4. The van der Waals surface area contributed by atoms with Crippen molar-refractivity contribution in [3.63, 3.8) is 0 Å². The van der Waals surface area contributed by atoms with Crippen molar-refractivity contribution in [2.45, 2.75) is 0 Å². The standard InChI is InChI=1S/C15H12N3O2/c1-18(15(20)14-7-3-5-9-17-14)13(11-19)10-12-6-2-4-8-16-12/h2-10H,1H3. The van der Waals surface area contributed by atoms with Crippen LogP contribution in [0.1, 0.15) is 16.2 Å². The van der Waals surface area contributed by atoms with Crippen LogP contribution in [-0.4, -0.2) is 34.1 Å². The fourth-order valence-electron chi connectivity index (χ4n) is 1.57. The highest BCUT2D eigenvalue weighted by Gasteiger charge is 2.16. The summed E-state index contributed by atoms with van der Waals surface area (Å²) in [5.41, 5.74) is 0.933. The minimum absolute atomic E-state index is 0.0966. The molecule has 0 saturated heterocycles. The summed E-state index contributed by atoms with van der Waals surface area (Å²) < 4.78 is 0. The maximum atomic E-state index is 12.2. The Bertz CT molecular complexity index is 624. The average Bonchev–Trinajstić information content (AvgIpc) is 2.53. The molecule has 2 rings (SSSR count). The van der Waals surface area contributed by atoms with Gasteiger partial charge in [-0.15, -0.1) is 0 Å². The minimum Gasteiger partial charge on any atom is -0.306 e. The lowest BCUT2D eigenvalue weighted by molar-refractivity contribution is 0.0838. The van der Waals surface area contributed by atoms with Gasteiger partial charge in [0.25, 0.3) is 12.2 Å². The van der Waals surface area contributed by atoms with Crippen molar-refractivity contribution in [1.82, 2.24) is 14.9 Å². The summed E-state index contributed by atoms with van der Waals surface area (Å²) in [6.07, 6.45) is 6.37. The van der Waals surface area contributed by atoms with Crippen LogP contribution in [-0.2, 0) is 4.79 Å². The second kappa shape index (κ2) is 6.38. The maximum absolute atomic E-state index is 12.2. The molecule has 0 fully saturated rings. The zero-order valence-corrected chi connectivity index (χ0v) is 10.9. The van der Waals surface area contributed by atoms with Gasteiger partial charge in [-0.1, -0.05) is 12.1 Å². The van der Waals surface area contributed by atoms with Crippen molar-refractivity contribution in [2.24, 2.45) is 0 Å². The number of allylic oxidation sites excluding steroid dienone is 1. The first-order valence-electron chi connectivity index (χ1n) is 5.92. The SMILES string of the molecule is CN(C(=O)c1ccccn1)C([C]=O)=Cc1ccccn1. The van der Waals surface area contributed by atoms with E-state index in [1.165, 1.54) is 24.2 Å². The Morgan fingerprint density at radius 3 is 2.40 bits per heavy atom. The van der Waals surface area contributed by atoms with Crippen LogP contribution in [0.15, 0.2) is 54.5 Å². The minimum atomic E-state index is -0.379. The number of rotatable bonds is 4. The third kappa shape index (κ3) is 3.14. The molecule has 2 heterocycles. The normalized spacial score (nSPS) is 10.9. The van der Waals surface area contributed by atoms with Gasteiger partial charge in [0, 0.05) is 19.4 Å². The summed E-state index contributed by atoms with van der Waals surface area (Å²) in [6, 6.07) is 10.3. The number of amides is 1. The van der Waals surface area contributed by atoms with Gasteiger partial charge in [0.15, 0.2) is 0 Å². The molecule has 5 heteroatoms. The Morgan fingerprint density at radius 1 is 1.15 bits per heavy atom. The van der Waals surface area contributed by atoms with Crippen LogP contribution in [0.25, 0.3) is 6.08 Å². The largest absolute Gasteiger partial charge is 0.306 e. The van der Waals surface area contributed by atoms with Crippen molar-refractivity contribution >= 4 is 18.3 Å². The van der Waals surface area contributed by atoms with Crippen LogP contribution in [0.2, 0.25) is 0 Å². The Balaban J connectivity index is 2.26. The number of carbonyl (C=O) groups is 1. The highest BCUT2D eigenvalue weighted by Crippen LogP contribution is 2.09. The van der Waals surface area contributed by atoms with E-state index >= 15 is 0 Å². The molecule has 0 bridgehead atoms. The second-order valence-corrected chi connectivity index (χ2v) is 3.97. The Hall–Kier alpha value is -2.82. The molecule has 99 valence electrons. The number of likely N-dealkylation sites (N-methyl/N-ethyl adjacent to an activating group) is 1. The Kier molecular flexibility index (Phi) is 4.34. The van der Waals surface area contributed by atoms with E-state index in [-0.39, 0.29) is 17.3 Å². The lowest BCUT2D eigenvalue weighted by Gasteiger charge is -2.15. The molecule has 1 amide bonds. The molecule has 1 radical (unpaired) electrons. The van der Waals surface area contributed by atoms with Crippen molar-refractivity contribution in [3.8, 4) is 0 Å². The van der Waals surface area contributed by atoms with Gasteiger partial charge in [-0.3, -0.25) is 19.6 Å². The molecule has 0 saturated carbocycles. The molecular formula is C15H12N3O2. The lowest BCUT2D eigenvalue weighted by atomic mass is 10.2.